The zero-order valence-electron chi connectivity index (χ0n) is 11.5. The summed E-state index contributed by atoms with van der Waals surface area (Å²) in [5.74, 6) is 0.129. The minimum absolute atomic E-state index is 0.129. The molecule has 1 aromatic carbocycles. The number of aryl methyl sites for hydroxylation is 2. The Morgan fingerprint density at radius 3 is 2.65 bits per heavy atom. The van der Waals surface area contributed by atoms with E-state index in [2.05, 4.69) is 21.0 Å². The maximum atomic E-state index is 12.2. The van der Waals surface area contributed by atoms with Gasteiger partial charge in [0.1, 0.15) is 5.78 Å². The van der Waals surface area contributed by atoms with Crippen LogP contribution in [-0.4, -0.2) is 15.6 Å². The van der Waals surface area contributed by atoms with Crippen molar-refractivity contribution in [3.8, 4) is 0 Å². The number of halogens is 2. The number of carbonyl (C=O) groups is 1. The Labute approximate surface area is 132 Å². The molecule has 1 heterocycles. The molecule has 2 rings (SSSR count). The third kappa shape index (κ3) is 3.30. The number of Topliss-reactive ketones (excluding diaryl/α,β-unsaturated/α-hetero) is 1. The molecule has 106 valence electrons. The third-order valence-corrected chi connectivity index (χ3v) is 4.50. The molecule has 0 fully saturated rings. The van der Waals surface area contributed by atoms with Gasteiger partial charge in [-0.25, -0.2) is 0 Å². The fourth-order valence-corrected chi connectivity index (χ4v) is 3.07. The molecule has 0 spiro atoms. The van der Waals surface area contributed by atoms with E-state index in [0.29, 0.717) is 17.9 Å². The lowest BCUT2D eigenvalue weighted by molar-refractivity contribution is -0.117. The van der Waals surface area contributed by atoms with Gasteiger partial charge in [-0.3, -0.25) is 9.48 Å². The molecule has 1 aromatic heterocycles. The van der Waals surface area contributed by atoms with Crippen molar-refractivity contribution in [2.24, 2.45) is 7.05 Å². The van der Waals surface area contributed by atoms with E-state index in [0.717, 1.165) is 27.8 Å². The van der Waals surface area contributed by atoms with Crippen molar-refractivity contribution < 1.29 is 4.79 Å². The van der Waals surface area contributed by atoms with Crippen molar-refractivity contribution in [3.63, 3.8) is 0 Å². The molecular formula is C15H16BrClN2O. The van der Waals surface area contributed by atoms with Gasteiger partial charge in [0.25, 0.3) is 0 Å². The smallest absolute Gasteiger partial charge is 0.143 e. The molecule has 5 heteroatoms. The van der Waals surface area contributed by atoms with Gasteiger partial charge in [-0.2, -0.15) is 5.10 Å². The fraction of sp³-hybridized carbons (Fsp3) is 0.333. The van der Waals surface area contributed by atoms with Gasteiger partial charge in [0.2, 0.25) is 0 Å². The second-order valence-corrected chi connectivity index (χ2v) is 5.87. The number of aromatic nitrogens is 2. The highest BCUT2D eigenvalue weighted by Gasteiger charge is 2.16. The lowest BCUT2D eigenvalue weighted by Crippen LogP contribution is -2.10. The molecule has 0 aliphatic carbocycles. The highest BCUT2D eigenvalue weighted by molar-refractivity contribution is 9.10. The van der Waals surface area contributed by atoms with E-state index < -0.39 is 0 Å². The van der Waals surface area contributed by atoms with Crippen LogP contribution in [0.15, 0.2) is 28.7 Å². The first-order valence-electron chi connectivity index (χ1n) is 6.48. The minimum atomic E-state index is 0.129. The largest absolute Gasteiger partial charge is 0.299 e. The van der Waals surface area contributed by atoms with E-state index >= 15 is 0 Å². The Kier molecular flexibility index (Phi) is 5.00. The quantitative estimate of drug-likeness (QED) is 0.818. The normalized spacial score (nSPS) is 10.8. The SMILES string of the molecule is CCc1nn(C)c(CC(=O)Cc2ccccc2Cl)c1Br. The summed E-state index contributed by atoms with van der Waals surface area (Å²) in [5.41, 5.74) is 2.76. The molecule has 0 saturated heterocycles. The molecule has 3 nitrogen and oxygen atoms in total. The summed E-state index contributed by atoms with van der Waals surface area (Å²) in [6, 6.07) is 7.44. The highest BCUT2D eigenvalue weighted by Crippen LogP contribution is 2.23. The average Bonchev–Trinajstić information content (AvgIpc) is 2.69. The van der Waals surface area contributed by atoms with Crippen LogP contribution in [0.2, 0.25) is 5.02 Å². The summed E-state index contributed by atoms with van der Waals surface area (Å²) in [5, 5.41) is 5.04. The van der Waals surface area contributed by atoms with E-state index in [-0.39, 0.29) is 5.78 Å². The number of ketones is 1. The summed E-state index contributed by atoms with van der Waals surface area (Å²) < 4.78 is 2.71. The van der Waals surface area contributed by atoms with Crippen molar-refractivity contribution in [1.29, 1.82) is 0 Å². The second-order valence-electron chi connectivity index (χ2n) is 4.67. The van der Waals surface area contributed by atoms with Crippen molar-refractivity contribution in [2.75, 3.05) is 0 Å². The van der Waals surface area contributed by atoms with E-state index in [4.69, 9.17) is 11.6 Å². The van der Waals surface area contributed by atoms with Gasteiger partial charge in [-0.15, -0.1) is 0 Å². The van der Waals surface area contributed by atoms with Gasteiger partial charge in [-0.1, -0.05) is 36.7 Å². The summed E-state index contributed by atoms with van der Waals surface area (Å²) >= 11 is 9.61. The maximum absolute atomic E-state index is 12.2. The van der Waals surface area contributed by atoms with Crippen LogP contribution < -0.4 is 0 Å². The Bertz CT molecular complexity index is 637. The molecule has 0 atom stereocenters. The van der Waals surface area contributed by atoms with Crippen LogP contribution in [0.4, 0.5) is 0 Å². The minimum Gasteiger partial charge on any atom is -0.299 e. The van der Waals surface area contributed by atoms with Gasteiger partial charge in [0.15, 0.2) is 0 Å². The van der Waals surface area contributed by atoms with Crippen LogP contribution in [0.3, 0.4) is 0 Å². The molecule has 2 aromatic rings. The molecule has 0 saturated carbocycles. The molecule has 20 heavy (non-hydrogen) atoms. The predicted octanol–water partition coefficient (Wildman–Crippen LogP) is 3.75. The molecule has 0 bridgehead atoms. The van der Waals surface area contributed by atoms with Gasteiger partial charge in [0.05, 0.1) is 15.9 Å². The maximum Gasteiger partial charge on any atom is 0.143 e. The highest BCUT2D eigenvalue weighted by atomic mass is 79.9. The first-order valence-corrected chi connectivity index (χ1v) is 7.65. The topological polar surface area (TPSA) is 34.9 Å². The van der Waals surface area contributed by atoms with Crippen molar-refractivity contribution >= 4 is 33.3 Å². The summed E-state index contributed by atoms with van der Waals surface area (Å²) in [6.07, 6.45) is 1.54. The van der Waals surface area contributed by atoms with Crippen LogP contribution in [-0.2, 0) is 31.1 Å². The second kappa shape index (κ2) is 6.55. The zero-order valence-corrected chi connectivity index (χ0v) is 13.8. The Morgan fingerprint density at radius 1 is 1.35 bits per heavy atom. The number of hydrogen-bond acceptors (Lipinski definition) is 2. The van der Waals surface area contributed by atoms with E-state index in [1.165, 1.54) is 0 Å². The number of hydrogen-bond donors (Lipinski definition) is 0. The molecule has 0 radical (unpaired) electrons. The van der Waals surface area contributed by atoms with Crippen molar-refractivity contribution in [3.05, 3.63) is 50.7 Å². The fourth-order valence-electron chi connectivity index (χ4n) is 2.12. The third-order valence-electron chi connectivity index (χ3n) is 3.21. The van der Waals surface area contributed by atoms with E-state index in [1.54, 1.807) is 10.7 Å². The van der Waals surface area contributed by atoms with Gasteiger partial charge >= 0.3 is 0 Å². The first kappa shape index (κ1) is 15.3. The Hall–Kier alpha value is -1.13. The number of nitrogens with zero attached hydrogens (tertiary/aromatic N) is 2. The van der Waals surface area contributed by atoms with E-state index in [1.807, 2.05) is 32.2 Å². The van der Waals surface area contributed by atoms with Gasteiger partial charge in [-0.05, 0) is 34.0 Å². The molecule has 0 N–H and O–H groups in total. The summed E-state index contributed by atoms with van der Waals surface area (Å²) in [4.78, 5) is 12.2. The van der Waals surface area contributed by atoms with Gasteiger partial charge in [0, 0.05) is 24.9 Å². The lowest BCUT2D eigenvalue weighted by Gasteiger charge is -2.05. The standard InChI is InChI=1S/C15H16BrClN2O/c1-3-13-15(16)14(19(2)18-13)9-11(20)8-10-6-4-5-7-12(10)17/h4-7H,3,8-9H2,1-2H3. The van der Waals surface area contributed by atoms with Crippen LogP contribution in [0, 0.1) is 0 Å². The number of benzene rings is 1. The Morgan fingerprint density at radius 2 is 2.05 bits per heavy atom. The predicted molar refractivity (Wildman–Crippen MR) is 84.2 cm³/mol. The Balaban J connectivity index is 2.13. The summed E-state index contributed by atoms with van der Waals surface area (Å²) in [7, 11) is 1.86. The van der Waals surface area contributed by atoms with Crippen LogP contribution in [0.25, 0.3) is 0 Å². The van der Waals surface area contributed by atoms with E-state index in [9.17, 15) is 4.79 Å². The molecule has 0 aliphatic rings. The summed E-state index contributed by atoms with van der Waals surface area (Å²) in [6.45, 7) is 2.04. The van der Waals surface area contributed by atoms with Crippen LogP contribution >= 0.6 is 27.5 Å². The first-order chi connectivity index (χ1) is 9.52. The van der Waals surface area contributed by atoms with Crippen LogP contribution in [0.5, 0.6) is 0 Å². The zero-order chi connectivity index (χ0) is 14.7. The van der Waals surface area contributed by atoms with Crippen molar-refractivity contribution in [2.45, 2.75) is 26.2 Å². The lowest BCUT2D eigenvalue weighted by atomic mass is 10.1. The molecule has 0 aliphatic heterocycles. The van der Waals surface area contributed by atoms with Gasteiger partial charge < -0.3 is 0 Å². The molecule has 0 unspecified atom stereocenters. The van der Waals surface area contributed by atoms with Crippen LogP contribution in [0.1, 0.15) is 23.9 Å². The number of carbonyl (C=O) groups excluding carboxylic acids is 1. The monoisotopic (exact) mass is 354 g/mol. The molecular weight excluding hydrogens is 340 g/mol. The molecule has 0 amide bonds. The average molecular weight is 356 g/mol. The van der Waals surface area contributed by atoms with Crippen molar-refractivity contribution in [1.82, 2.24) is 9.78 Å². The number of rotatable bonds is 5.